The summed E-state index contributed by atoms with van der Waals surface area (Å²) in [5.74, 6) is 1.31. The molecule has 0 aliphatic carbocycles. The molecule has 1 aromatic carbocycles. The zero-order valence-corrected chi connectivity index (χ0v) is 22.6. The number of aliphatic imine (C=N–C) groups is 1. The van der Waals surface area contributed by atoms with Crippen LogP contribution in [0.15, 0.2) is 64.8 Å². The number of aryl methyl sites for hydroxylation is 2. The van der Waals surface area contributed by atoms with Crippen molar-refractivity contribution < 1.29 is 4.79 Å². The molecule has 1 heterocycles. The lowest BCUT2D eigenvalue weighted by Gasteiger charge is -2.28. The summed E-state index contributed by atoms with van der Waals surface area (Å²) in [7, 11) is 0. The molecule has 0 bridgehead atoms. The number of carbonyl (C=O) groups excluding carboxylic acids is 1. The van der Waals surface area contributed by atoms with Crippen LogP contribution in [0.1, 0.15) is 92.2 Å². The molecule has 0 radical (unpaired) electrons. The lowest BCUT2D eigenvalue weighted by molar-refractivity contribution is -0.113. The Morgan fingerprint density at radius 2 is 1.58 bits per heavy atom. The molecule has 0 aromatic heterocycles. The number of piperidine rings is 1. The molecule has 1 saturated heterocycles. The fourth-order valence-electron chi connectivity index (χ4n) is 3.77. The Labute approximate surface area is 204 Å². The highest BCUT2D eigenvalue weighted by atomic mass is 16.1. The van der Waals surface area contributed by atoms with Crippen LogP contribution in [0.3, 0.4) is 0 Å². The van der Waals surface area contributed by atoms with Crippen molar-refractivity contribution in [3.8, 4) is 0 Å². The third-order valence-corrected chi connectivity index (χ3v) is 5.67. The molecular weight excluding hydrogens is 404 g/mol. The zero-order valence-electron chi connectivity index (χ0n) is 22.6. The average molecular weight is 453 g/mol. The Kier molecular flexibility index (Phi) is 17.7. The van der Waals surface area contributed by atoms with Crippen LogP contribution in [0.2, 0.25) is 0 Å². The summed E-state index contributed by atoms with van der Waals surface area (Å²) >= 11 is 0. The molecular formula is C30H48N2O. The highest BCUT2D eigenvalue weighted by molar-refractivity contribution is 5.95. The number of amidine groups is 1. The molecule has 1 aromatic rings. The van der Waals surface area contributed by atoms with E-state index in [0.29, 0.717) is 0 Å². The van der Waals surface area contributed by atoms with Crippen LogP contribution >= 0.6 is 0 Å². The summed E-state index contributed by atoms with van der Waals surface area (Å²) in [4.78, 5) is 18.0. The van der Waals surface area contributed by atoms with E-state index in [1.807, 2.05) is 45.9 Å². The second-order valence-electron chi connectivity index (χ2n) is 7.91. The highest BCUT2D eigenvalue weighted by Gasteiger charge is 2.11. The topological polar surface area (TPSA) is 32.7 Å². The number of ketones is 1. The molecule has 1 aliphatic heterocycles. The molecule has 3 heteroatoms. The Morgan fingerprint density at radius 1 is 0.970 bits per heavy atom. The van der Waals surface area contributed by atoms with E-state index in [9.17, 15) is 4.79 Å². The summed E-state index contributed by atoms with van der Waals surface area (Å²) < 4.78 is 0. The summed E-state index contributed by atoms with van der Waals surface area (Å²) in [6.07, 6.45) is 14.8. The molecule has 1 fully saturated rings. The van der Waals surface area contributed by atoms with E-state index in [4.69, 9.17) is 4.99 Å². The molecule has 0 unspecified atom stereocenters. The quantitative estimate of drug-likeness (QED) is 0.181. The number of Topliss-reactive ketones (excluding diaryl/α,β-unsaturated/α-hetero) is 1. The van der Waals surface area contributed by atoms with Crippen molar-refractivity contribution in [1.29, 1.82) is 0 Å². The number of likely N-dealkylation sites (tertiary alicyclic amines) is 1. The minimum Gasteiger partial charge on any atom is -0.360 e. The first-order valence-corrected chi connectivity index (χ1v) is 12.8. The monoisotopic (exact) mass is 452 g/mol. The lowest BCUT2D eigenvalue weighted by atomic mass is 10.0. The number of hydrogen-bond acceptors (Lipinski definition) is 2. The maximum Gasteiger partial charge on any atom is 0.159 e. The maximum absolute atomic E-state index is 10.6. The van der Waals surface area contributed by atoms with E-state index in [1.54, 1.807) is 6.92 Å². The van der Waals surface area contributed by atoms with Crippen molar-refractivity contribution in [2.45, 2.75) is 93.9 Å². The van der Waals surface area contributed by atoms with Crippen molar-refractivity contribution >= 4 is 11.6 Å². The van der Waals surface area contributed by atoms with Gasteiger partial charge in [-0.25, -0.2) is 4.99 Å². The van der Waals surface area contributed by atoms with E-state index < -0.39 is 0 Å². The minimum atomic E-state index is 0.121. The van der Waals surface area contributed by atoms with Crippen LogP contribution in [0.5, 0.6) is 0 Å². The molecule has 1 aliphatic rings. The standard InChI is InChI=1S/C20H30N2.C8H12O.C2H6/c1-4-18-11-7-8-12-19(18)13-14-20(5-2)21-17(3)22-15-9-6-10-16-22;1-4-6-8(5-2)7(3)9;1-2/h5,7-8,11-12H,4,6,9-10,13-16H2,1-3H3;4-6H,1-3H3;1-2H3/b20-5-,21-17?;6-4-,8-5+;. The van der Waals surface area contributed by atoms with E-state index in [0.717, 1.165) is 24.8 Å². The van der Waals surface area contributed by atoms with Gasteiger partial charge in [-0.05, 0) is 84.3 Å². The van der Waals surface area contributed by atoms with Crippen molar-refractivity contribution in [1.82, 2.24) is 4.90 Å². The van der Waals surface area contributed by atoms with Gasteiger partial charge in [-0.1, -0.05) is 69.3 Å². The van der Waals surface area contributed by atoms with E-state index in [2.05, 4.69) is 56.0 Å². The van der Waals surface area contributed by atoms with E-state index >= 15 is 0 Å². The van der Waals surface area contributed by atoms with Gasteiger partial charge in [-0.2, -0.15) is 0 Å². The smallest absolute Gasteiger partial charge is 0.159 e. The van der Waals surface area contributed by atoms with Gasteiger partial charge in [0.15, 0.2) is 5.78 Å². The summed E-state index contributed by atoms with van der Waals surface area (Å²) in [6.45, 7) is 18.2. The van der Waals surface area contributed by atoms with Gasteiger partial charge >= 0.3 is 0 Å². The molecule has 33 heavy (non-hydrogen) atoms. The van der Waals surface area contributed by atoms with Gasteiger partial charge in [0, 0.05) is 24.4 Å². The molecule has 3 nitrogen and oxygen atoms in total. The predicted octanol–water partition coefficient (Wildman–Crippen LogP) is 8.11. The molecule has 184 valence electrons. The summed E-state index contributed by atoms with van der Waals surface area (Å²) in [5, 5.41) is 0. The second-order valence-corrected chi connectivity index (χ2v) is 7.91. The highest BCUT2D eigenvalue weighted by Crippen LogP contribution is 2.17. The third kappa shape index (κ3) is 12.4. The van der Waals surface area contributed by atoms with Crippen LogP contribution in [-0.4, -0.2) is 29.6 Å². The van der Waals surface area contributed by atoms with Gasteiger partial charge in [0.1, 0.15) is 5.84 Å². The Balaban J connectivity index is 0.000000786. The van der Waals surface area contributed by atoms with Crippen molar-refractivity contribution in [2.75, 3.05) is 13.1 Å². The Bertz CT molecular complexity index is 793. The number of hydrogen-bond donors (Lipinski definition) is 0. The fourth-order valence-corrected chi connectivity index (χ4v) is 3.77. The molecule has 0 atom stereocenters. The van der Waals surface area contributed by atoms with Gasteiger partial charge in [0.05, 0.1) is 0 Å². The Morgan fingerprint density at radius 3 is 2.03 bits per heavy atom. The summed E-state index contributed by atoms with van der Waals surface area (Å²) in [6, 6.07) is 8.78. The summed E-state index contributed by atoms with van der Waals surface area (Å²) in [5.41, 5.74) is 4.93. The van der Waals surface area contributed by atoms with Crippen molar-refractivity contribution in [2.24, 2.45) is 4.99 Å². The molecule has 0 saturated carbocycles. The maximum atomic E-state index is 10.6. The van der Waals surface area contributed by atoms with Gasteiger partial charge in [-0.15, -0.1) is 0 Å². The van der Waals surface area contributed by atoms with E-state index in [-0.39, 0.29) is 5.78 Å². The molecule has 0 spiro atoms. The van der Waals surface area contributed by atoms with Crippen molar-refractivity contribution in [3.63, 3.8) is 0 Å². The SMILES string of the molecule is C/C=C(/CCc1ccccc1CC)N=C(C)N1CCCCC1.C/C=C\C(=C/C)C(C)=O.CC. The number of carbonyl (C=O) groups is 1. The molecule has 0 amide bonds. The first-order chi connectivity index (χ1) is 16.0. The Hall–Kier alpha value is -2.42. The third-order valence-electron chi connectivity index (χ3n) is 5.67. The first-order valence-electron chi connectivity index (χ1n) is 12.8. The van der Waals surface area contributed by atoms with Crippen LogP contribution < -0.4 is 0 Å². The lowest BCUT2D eigenvalue weighted by Crippen LogP contribution is -2.34. The van der Waals surface area contributed by atoms with Gasteiger partial charge < -0.3 is 4.90 Å². The fraction of sp³-hybridized carbons (Fsp3) is 0.533. The van der Waals surface area contributed by atoms with Gasteiger partial charge in [-0.3, -0.25) is 4.79 Å². The zero-order chi connectivity index (χ0) is 25.1. The average Bonchev–Trinajstić information content (AvgIpc) is 2.87. The number of benzene rings is 1. The number of nitrogens with zero attached hydrogens (tertiary/aromatic N) is 2. The van der Waals surface area contributed by atoms with Crippen LogP contribution in [0.25, 0.3) is 0 Å². The van der Waals surface area contributed by atoms with Crippen LogP contribution in [-0.2, 0) is 17.6 Å². The normalized spacial score (nSPS) is 14.9. The minimum absolute atomic E-state index is 0.121. The molecule has 2 rings (SSSR count). The van der Waals surface area contributed by atoms with Crippen LogP contribution in [0, 0.1) is 0 Å². The second kappa shape index (κ2) is 19.1. The van der Waals surface area contributed by atoms with Crippen LogP contribution in [0.4, 0.5) is 0 Å². The van der Waals surface area contributed by atoms with Gasteiger partial charge in [0.25, 0.3) is 0 Å². The van der Waals surface area contributed by atoms with E-state index in [1.165, 1.54) is 55.0 Å². The predicted molar refractivity (Wildman–Crippen MR) is 147 cm³/mol. The van der Waals surface area contributed by atoms with Gasteiger partial charge in [0.2, 0.25) is 0 Å². The number of rotatable bonds is 7. The molecule has 0 N–H and O–H groups in total. The first kappa shape index (κ1) is 30.6. The largest absolute Gasteiger partial charge is 0.360 e. The number of allylic oxidation sites excluding steroid dienone is 6. The van der Waals surface area contributed by atoms with Crippen molar-refractivity contribution in [3.05, 3.63) is 71.0 Å².